The van der Waals surface area contributed by atoms with Crippen LogP contribution in [0.25, 0.3) is 0 Å². The van der Waals surface area contributed by atoms with Crippen LogP contribution in [0.4, 0.5) is 5.69 Å². The molecule has 7 heteroatoms. The highest BCUT2D eigenvalue weighted by Gasteiger charge is 2.20. The predicted octanol–water partition coefficient (Wildman–Crippen LogP) is 5.71. The average Bonchev–Trinajstić information content (AvgIpc) is 2.80. The molecule has 0 spiro atoms. The first-order chi connectivity index (χ1) is 14.9. The van der Waals surface area contributed by atoms with Gasteiger partial charge in [-0.3, -0.25) is 9.59 Å². The van der Waals surface area contributed by atoms with E-state index in [4.69, 9.17) is 21.1 Å². The first kappa shape index (κ1) is 22.7. The molecule has 1 atom stereocenters. The minimum absolute atomic E-state index is 0.210. The van der Waals surface area contributed by atoms with Crippen molar-refractivity contribution in [1.29, 1.82) is 0 Å². The van der Waals surface area contributed by atoms with Gasteiger partial charge in [-0.2, -0.15) is 0 Å². The molecule has 1 N–H and O–H groups in total. The minimum Gasteiger partial charge on any atom is -0.493 e. The van der Waals surface area contributed by atoms with Gasteiger partial charge in [0.25, 0.3) is 0 Å². The van der Waals surface area contributed by atoms with E-state index in [1.54, 1.807) is 69.7 Å². The van der Waals surface area contributed by atoms with Gasteiger partial charge >= 0.3 is 0 Å². The fourth-order valence-electron chi connectivity index (χ4n) is 2.94. The summed E-state index contributed by atoms with van der Waals surface area (Å²) < 4.78 is 10.6. The maximum atomic E-state index is 13.0. The Morgan fingerprint density at radius 2 is 1.65 bits per heavy atom. The molecule has 0 fully saturated rings. The molecular formula is C24H22ClNO4S. The Labute approximate surface area is 190 Å². The van der Waals surface area contributed by atoms with E-state index in [-0.39, 0.29) is 11.7 Å². The zero-order valence-corrected chi connectivity index (χ0v) is 18.9. The fourth-order valence-corrected chi connectivity index (χ4v) is 4.01. The largest absolute Gasteiger partial charge is 0.493 e. The van der Waals surface area contributed by atoms with E-state index in [9.17, 15) is 9.59 Å². The van der Waals surface area contributed by atoms with E-state index in [2.05, 4.69) is 5.32 Å². The lowest BCUT2D eigenvalue weighted by Crippen LogP contribution is -2.23. The van der Waals surface area contributed by atoms with Gasteiger partial charge in [-0.25, -0.2) is 0 Å². The monoisotopic (exact) mass is 455 g/mol. The summed E-state index contributed by atoms with van der Waals surface area (Å²) in [5, 5.41) is 2.86. The van der Waals surface area contributed by atoms with Gasteiger partial charge in [-0.15, -0.1) is 11.8 Å². The normalized spacial score (nSPS) is 11.5. The maximum absolute atomic E-state index is 13.0. The Balaban J connectivity index is 1.78. The molecule has 0 heterocycles. The Hall–Kier alpha value is -2.96. The van der Waals surface area contributed by atoms with Gasteiger partial charge in [0.15, 0.2) is 17.3 Å². The fraction of sp³-hybridized carbons (Fsp3) is 0.167. The smallest absolute Gasteiger partial charge is 0.237 e. The summed E-state index contributed by atoms with van der Waals surface area (Å²) in [4.78, 5) is 26.7. The molecule has 0 radical (unpaired) electrons. The lowest BCUT2D eigenvalue weighted by Gasteiger charge is -2.16. The number of nitrogens with one attached hydrogen (secondary N) is 1. The number of anilines is 1. The number of carbonyl (C=O) groups excluding carboxylic acids is 2. The summed E-state index contributed by atoms with van der Waals surface area (Å²) in [6.07, 6.45) is 0. The van der Waals surface area contributed by atoms with Crippen LogP contribution in [0, 0.1) is 0 Å². The van der Waals surface area contributed by atoms with Crippen LogP contribution in [0.5, 0.6) is 11.5 Å². The molecule has 0 saturated heterocycles. The van der Waals surface area contributed by atoms with Crippen molar-refractivity contribution in [2.75, 3.05) is 19.5 Å². The molecule has 0 aliphatic rings. The molecule has 5 nitrogen and oxygen atoms in total. The second kappa shape index (κ2) is 10.4. The van der Waals surface area contributed by atoms with E-state index in [0.29, 0.717) is 33.3 Å². The summed E-state index contributed by atoms with van der Waals surface area (Å²) >= 11 is 7.49. The highest BCUT2D eigenvalue weighted by atomic mass is 35.5. The van der Waals surface area contributed by atoms with E-state index in [1.807, 2.05) is 18.2 Å². The third kappa shape index (κ3) is 5.60. The van der Waals surface area contributed by atoms with Crippen molar-refractivity contribution in [3.05, 3.63) is 82.9 Å². The van der Waals surface area contributed by atoms with E-state index >= 15 is 0 Å². The molecule has 3 aromatic rings. The van der Waals surface area contributed by atoms with Crippen molar-refractivity contribution in [1.82, 2.24) is 0 Å². The summed E-state index contributed by atoms with van der Waals surface area (Å²) in [5.74, 6) is 0.769. The number of amides is 1. The Morgan fingerprint density at radius 1 is 0.935 bits per heavy atom. The van der Waals surface area contributed by atoms with E-state index in [1.165, 1.54) is 11.8 Å². The van der Waals surface area contributed by atoms with Crippen molar-refractivity contribution < 1.29 is 19.1 Å². The lowest BCUT2D eigenvalue weighted by molar-refractivity contribution is -0.115. The topological polar surface area (TPSA) is 64.6 Å². The van der Waals surface area contributed by atoms with Crippen LogP contribution in [0.2, 0.25) is 5.02 Å². The predicted molar refractivity (Wildman–Crippen MR) is 125 cm³/mol. The molecule has 0 aliphatic carbocycles. The third-order valence-electron chi connectivity index (χ3n) is 4.56. The quantitative estimate of drug-likeness (QED) is 0.348. The van der Waals surface area contributed by atoms with Gasteiger partial charge in [0.2, 0.25) is 5.91 Å². The summed E-state index contributed by atoms with van der Waals surface area (Å²) in [6, 6.07) is 19.2. The molecule has 3 aromatic carbocycles. The van der Waals surface area contributed by atoms with Gasteiger partial charge in [-0.05, 0) is 43.3 Å². The van der Waals surface area contributed by atoms with Crippen LogP contribution in [-0.2, 0) is 4.79 Å². The number of rotatable bonds is 8. The maximum Gasteiger partial charge on any atom is 0.237 e. The second-order valence-electron chi connectivity index (χ2n) is 6.65. The van der Waals surface area contributed by atoms with Gasteiger partial charge in [-0.1, -0.05) is 41.9 Å². The molecule has 0 aliphatic heterocycles. The Morgan fingerprint density at radius 3 is 2.32 bits per heavy atom. The van der Waals surface area contributed by atoms with Crippen molar-refractivity contribution >= 4 is 40.7 Å². The Bertz CT molecular complexity index is 1090. The number of benzene rings is 3. The molecule has 0 bridgehead atoms. The van der Waals surface area contributed by atoms with Gasteiger partial charge in [0.05, 0.1) is 25.2 Å². The van der Waals surface area contributed by atoms with Crippen LogP contribution >= 0.6 is 23.4 Å². The summed E-state index contributed by atoms with van der Waals surface area (Å²) in [5.41, 5.74) is 1.28. The standard InChI is InChI=1S/C24H22ClNO4S/c1-15(31-18-10-12-21(29-2)22(14-18)30-3)24(28)26-20-11-9-17(25)13-19(20)23(27)16-7-5-4-6-8-16/h4-15H,1-3H3,(H,26,28)/t15-/m1/s1. The van der Waals surface area contributed by atoms with Gasteiger partial charge in [0, 0.05) is 21.0 Å². The highest BCUT2D eigenvalue weighted by Crippen LogP contribution is 2.34. The first-order valence-corrected chi connectivity index (χ1v) is 10.8. The molecule has 0 aromatic heterocycles. The number of halogens is 1. The molecule has 3 rings (SSSR count). The molecule has 160 valence electrons. The van der Waals surface area contributed by atoms with Crippen molar-refractivity contribution in [2.45, 2.75) is 17.1 Å². The van der Waals surface area contributed by atoms with Crippen LogP contribution in [0.1, 0.15) is 22.8 Å². The molecule has 1 amide bonds. The number of hydrogen-bond acceptors (Lipinski definition) is 5. The van der Waals surface area contributed by atoms with Crippen LogP contribution in [0.15, 0.2) is 71.6 Å². The average molecular weight is 456 g/mol. The number of hydrogen-bond donors (Lipinski definition) is 1. The number of ether oxygens (including phenoxy) is 2. The van der Waals surface area contributed by atoms with Crippen molar-refractivity contribution in [3.63, 3.8) is 0 Å². The number of thioether (sulfide) groups is 1. The van der Waals surface area contributed by atoms with Gasteiger partial charge in [0.1, 0.15) is 0 Å². The summed E-state index contributed by atoms with van der Waals surface area (Å²) in [7, 11) is 3.13. The summed E-state index contributed by atoms with van der Waals surface area (Å²) in [6.45, 7) is 1.80. The van der Waals surface area contributed by atoms with Crippen LogP contribution in [-0.4, -0.2) is 31.2 Å². The Kier molecular flexibility index (Phi) is 7.60. The third-order valence-corrected chi connectivity index (χ3v) is 5.89. The molecular weight excluding hydrogens is 434 g/mol. The van der Waals surface area contributed by atoms with Crippen molar-refractivity contribution in [2.24, 2.45) is 0 Å². The van der Waals surface area contributed by atoms with Crippen LogP contribution in [0.3, 0.4) is 0 Å². The lowest BCUT2D eigenvalue weighted by atomic mass is 10.0. The minimum atomic E-state index is -0.423. The number of methoxy groups -OCH3 is 2. The number of ketones is 1. The van der Waals surface area contributed by atoms with Crippen LogP contribution < -0.4 is 14.8 Å². The molecule has 31 heavy (non-hydrogen) atoms. The highest BCUT2D eigenvalue weighted by molar-refractivity contribution is 8.00. The SMILES string of the molecule is COc1ccc(S[C@H](C)C(=O)Nc2ccc(Cl)cc2C(=O)c2ccccc2)cc1OC. The zero-order chi connectivity index (χ0) is 22.4. The second-order valence-corrected chi connectivity index (χ2v) is 8.50. The van der Waals surface area contributed by atoms with Crippen molar-refractivity contribution in [3.8, 4) is 11.5 Å². The van der Waals surface area contributed by atoms with E-state index in [0.717, 1.165) is 4.90 Å². The van der Waals surface area contributed by atoms with E-state index < -0.39 is 5.25 Å². The van der Waals surface area contributed by atoms with Gasteiger partial charge < -0.3 is 14.8 Å². The first-order valence-electron chi connectivity index (χ1n) is 9.51. The molecule has 0 unspecified atom stereocenters. The molecule has 0 saturated carbocycles. The zero-order valence-electron chi connectivity index (χ0n) is 17.3. The number of carbonyl (C=O) groups is 2.